The average molecular weight is 793 g/mol. The molecule has 0 atom stereocenters. The topological polar surface area (TPSA) is 47.9 Å². The maximum Gasteiger partial charge on any atom is 0.126 e. The largest absolute Gasteiger partial charge is 0.507 e. The van der Waals surface area contributed by atoms with E-state index in [0.29, 0.717) is 57.7 Å². The van der Waals surface area contributed by atoms with Gasteiger partial charge in [-0.2, -0.15) is 0 Å². The van der Waals surface area contributed by atoms with Crippen LogP contribution in [-0.4, -0.2) is 24.9 Å². The minimum Gasteiger partial charge on any atom is -0.507 e. The lowest BCUT2D eigenvalue weighted by molar-refractivity contribution is 0.199. The summed E-state index contributed by atoms with van der Waals surface area (Å²) in [5.41, 5.74) is 12.7. The molecule has 0 radical (unpaired) electrons. The first-order valence-corrected chi connectivity index (χ1v) is 22.5. The Morgan fingerprint density at radius 1 is 0.517 bits per heavy atom. The van der Waals surface area contributed by atoms with E-state index in [1.54, 1.807) is 0 Å². The van der Waals surface area contributed by atoms with E-state index in [-0.39, 0.29) is 21.7 Å². The number of aromatic hydroxyl groups is 1. The van der Waals surface area contributed by atoms with Gasteiger partial charge in [-0.1, -0.05) is 159 Å². The SMILES string of the molecule is CCCOC1=C(C=C(CC)C(C)(C)C)Cc2cc(C(C)(C)C)cc(c2OCCC)Cc2cc(C(C)(C)C)cc(c2OCCC)Cc2cc(C(C)(C)C)cc(c2O)CC1. The number of hydrogen-bond acceptors (Lipinski definition) is 4. The number of benzene rings is 3. The van der Waals surface area contributed by atoms with E-state index in [2.05, 4.69) is 153 Å². The Morgan fingerprint density at radius 3 is 1.29 bits per heavy atom. The average Bonchev–Trinajstić information content (AvgIpc) is 3.11. The van der Waals surface area contributed by atoms with Crippen molar-refractivity contribution in [1.82, 2.24) is 0 Å². The lowest BCUT2D eigenvalue weighted by Crippen LogP contribution is -2.17. The van der Waals surface area contributed by atoms with Crippen molar-refractivity contribution in [3.8, 4) is 17.2 Å². The molecule has 1 aliphatic carbocycles. The fourth-order valence-corrected chi connectivity index (χ4v) is 7.90. The second kappa shape index (κ2) is 19.2. The summed E-state index contributed by atoms with van der Waals surface area (Å²) in [5, 5.41) is 12.3. The maximum absolute atomic E-state index is 12.3. The molecule has 0 saturated carbocycles. The smallest absolute Gasteiger partial charge is 0.126 e. The number of allylic oxidation sites excluding steroid dienone is 4. The highest BCUT2D eigenvalue weighted by Gasteiger charge is 2.28. The molecular formula is C54H80O4. The molecule has 4 heteroatoms. The van der Waals surface area contributed by atoms with Crippen LogP contribution >= 0.6 is 0 Å². The van der Waals surface area contributed by atoms with Crippen LogP contribution in [0.5, 0.6) is 17.2 Å². The van der Waals surface area contributed by atoms with Crippen molar-refractivity contribution < 1.29 is 19.3 Å². The van der Waals surface area contributed by atoms with Gasteiger partial charge in [-0.3, -0.25) is 0 Å². The predicted molar refractivity (Wildman–Crippen MR) is 247 cm³/mol. The Hall–Kier alpha value is -3.66. The predicted octanol–water partition coefficient (Wildman–Crippen LogP) is 14.6. The monoisotopic (exact) mass is 793 g/mol. The third-order valence-electron chi connectivity index (χ3n) is 11.5. The molecule has 0 aliphatic heterocycles. The lowest BCUT2D eigenvalue weighted by atomic mass is 9.79. The summed E-state index contributed by atoms with van der Waals surface area (Å²) in [6.45, 7) is 38.3. The van der Waals surface area contributed by atoms with Gasteiger partial charge in [0.25, 0.3) is 0 Å². The molecule has 4 rings (SSSR count). The Morgan fingerprint density at radius 2 is 0.897 bits per heavy atom. The Bertz CT molecular complexity index is 1930. The van der Waals surface area contributed by atoms with Crippen LogP contribution in [-0.2, 0) is 46.7 Å². The van der Waals surface area contributed by atoms with Crippen LogP contribution in [0.3, 0.4) is 0 Å². The van der Waals surface area contributed by atoms with Gasteiger partial charge in [0, 0.05) is 25.7 Å². The van der Waals surface area contributed by atoms with Crippen molar-refractivity contribution in [2.24, 2.45) is 5.41 Å². The number of phenols is 1. The van der Waals surface area contributed by atoms with Crippen molar-refractivity contribution in [3.63, 3.8) is 0 Å². The van der Waals surface area contributed by atoms with Crippen molar-refractivity contribution in [1.29, 1.82) is 0 Å². The van der Waals surface area contributed by atoms with Crippen LogP contribution in [0.2, 0.25) is 0 Å². The number of aryl methyl sites for hydroxylation is 1. The van der Waals surface area contributed by atoms with Crippen molar-refractivity contribution in [3.05, 3.63) is 109 Å². The normalized spacial score (nSPS) is 14.8. The standard InChI is InChI=1S/C54H80O4/c1-17-23-56-47-22-21-36-29-44(52(8,9)10)31-38(48(36)55)27-40-33-46(54(14,15)16)35-42(50(40)58-25-19-3)28-41-34-45(53(11,12)13)32-39(49(41)57-24-18-2)26-37(47)30-43(20-4)51(5,6)7/h29-35,55H,17-28H2,1-16H3. The Labute approximate surface area is 354 Å². The van der Waals surface area contributed by atoms with Crippen LogP contribution in [0.15, 0.2) is 59.4 Å². The van der Waals surface area contributed by atoms with Gasteiger partial charge in [-0.15, -0.1) is 0 Å². The summed E-state index contributed by atoms with van der Waals surface area (Å²) in [4.78, 5) is 0. The molecule has 0 aromatic heterocycles. The molecule has 58 heavy (non-hydrogen) atoms. The van der Waals surface area contributed by atoms with Gasteiger partial charge in [0.1, 0.15) is 17.2 Å². The zero-order chi connectivity index (χ0) is 43.2. The zero-order valence-corrected chi connectivity index (χ0v) is 39.7. The molecule has 0 fully saturated rings. The molecule has 1 aliphatic rings. The number of fused-ring (bicyclic) bond motifs is 6. The molecule has 320 valence electrons. The molecule has 3 aromatic rings. The van der Waals surface area contributed by atoms with E-state index < -0.39 is 0 Å². The van der Waals surface area contributed by atoms with E-state index in [4.69, 9.17) is 14.2 Å². The second-order valence-electron chi connectivity index (χ2n) is 20.9. The summed E-state index contributed by atoms with van der Waals surface area (Å²) in [5.74, 6) is 3.31. The first kappa shape index (κ1) is 47.0. The lowest BCUT2D eigenvalue weighted by Gasteiger charge is -2.28. The highest BCUT2D eigenvalue weighted by molar-refractivity contribution is 5.57. The van der Waals surface area contributed by atoms with Crippen molar-refractivity contribution in [2.45, 2.75) is 185 Å². The molecule has 0 saturated heterocycles. The van der Waals surface area contributed by atoms with Crippen LogP contribution in [0.4, 0.5) is 0 Å². The van der Waals surface area contributed by atoms with Gasteiger partial charge < -0.3 is 19.3 Å². The van der Waals surface area contributed by atoms with E-state index in [1.807, 2.05) is 0 Å². The summed E-state index contributed by atoms with van der Waals surface area (Å²) >= 11 is 0. The van der Waals surface area contributed by atoms with E-state index in [0.717, 1.165) is 65.2 Å². The van der Waals surface area contributed by atoms with Crippen molar-refractivity contribution in [2.75, 3.05) is 19.8 Å². The molecule has 0 unspecified atom stereocenters. The van der Waals surface area contributed by atoms with Gasteiger partial charge in [0.05, 0.1) is 25.6 Å². The van der Waals surface area contributed by atoms with Gasteiger partial charge in [-0.05, 0) is 109 Å². The summed E-state index contributed by atoms with van der Waals surface area (Å²) in [6, 6.07) is 14.0. The fraction of sp³-hybridized carbons (Fsp3) is 0.593. The number of phenolic OH excluding ortho intramolecular Hbond substituents is 1. The van der Waals surface area contributed by atoms with Crippen molar-refractivity contribution >= 4 is 0 Å². The van der Waals surface area contributed by atoms with Crippen LogP contribution in [0.25, 0.3) is 0 Å². The first-order chi connectivity index (χ1) is 27.0. The second-order valence-corrected chi connectivity index (χ2v) is 20.9. The van der Waals surface area contributed by atoms with Gasteiger partial charge in [0.2, 0.25) is 0 Å². The highest BCUT2D eigenvalue weighted by atomic mass is 16.5. The molecule has 0 spiro atoms. The molecule has 0 amide bonds. The summed E-state index contributed by atoms with van der Waals surface area (Å²) < 4.78 is 20.6. The third kappa shape index (κ3) is 12.0. The zero-order valence-electron chi connectivity index (χ0n) is 39.7. The van der Waals surface area contributed by atoms with Crippen LogP contribution in [0, 0.1) is 5.41 Å². The highest BCUT2D eigenvalue weighted by Crippen LogP contribution is 2.42. The van der Waals surface area contributed by atoms with Gasteiger partial charge >= 0.3 is 0 Å². The summed E-state index contributed by atoms with van der Waals surface area (Å²) in [6.07, 6.45) is 9.39. The molecular weight excluding hydrogens is 713 g/mol. The Kier molecular flexibility index (Phi) is 15.5. The van der Waals surface area contributed by atoms with Gasteiger partial charge in [-0.25, -0.2) is 0 Å². The third-order valence-corrected chi connectivity index (χ3v) is 11.5. The minimum absolute atomic E-state index is 0.00823. The quantitative estimate of drug-likeness (QED) is 0.210. The first-order valence-electron chi connectivity index (χ1n) is 22.5. The molecule has 1 N–H and O–H groups in total. The molecule has 6 bridgehead atoms. The molecule has 0 heterocycles. The Balaban J connectivity index is 2.25. The van der Waals surface area contributed by atoms with Crippen LogP contribution < -0.4 is 9.47 Å². The summed E-state index contributed by atoms with van der Waals surface area (Å²) in [7, 11) is 0. The van der Waals surface area contributed by atoms with Gasteiger partial charge in [0.15, 0.2) is 0 Å². The number of hydrogen-bond donors (Lipinski definition) is 1. The molecule has 4 nitrogen and oxygen atoms in total. The fourth-order valence-electron chi connectivity index (χ4n) is 7.90. The minimum atomic E-state index is -0.103. The number of ether oxygens (including phenoxy) is 3. The molecule has 3 aromatic carbocycles. The maximum atomic E-state index is 12.3. The van der Waals surface area contributed by atoms with Crippen LogP contribution in [0.1, 0.15) is 193 Å². The van der Waals surface area contributed by atoms with E-state index in [1.165, 1.54) is 39.0 Å². The van der Waals surface area contributed by atoms with E-state index >= 15 is 0 Å². The van der Waals surface area contributed by atoms with E-state index in [9.17, 15) is 5.11 Å². The number of rotatable bonds is 11.